The number of benzene rings is 2. The molecule has 13 heteroatoms. The molecule has 0 atom stereocenters. The topological polar surface area (TPSA) is 127 Å². The van der Waals surface area contributed by atoms with Gasteiger partial charge in [0.15, 0.2) is 0 Å². The molecule has 0 saturated carbocycles. The minimum Gasteiger partial charge on any atom is -0.497 e. The molecule has 2 aromatic carbocycles. The number of nitrogens with two attached hydrogens (primary N) is 1. The normalized spacial score (nSPS) is 13.1. The maximum atomic E-state index is 14.1. The molecule has 3 amide bonds. The number of hydrogen-bond donors (Lipinski definition) is 2. The van der Waals surface area contributed by atoms with Gasteiger partial charge in [0.2, 0.25) is 11.9 Å². The average molecular weight is 592 g/mol. The Labute approximate surface area is 245 Å². The van der Waals surface area contributed by atoms with Gasteiger partial charge < -0.3 is 15.8 Å². The van der Waals surface area contributed by atoms with Crippen LogP contribution in [-0.2, 0) is 12.7 Å². The lowest BCUT2D eigenvalue weighted by Gasteiger charge is -2.36. The molecular formula is C30H28F3N7O3. The Kier molecular flexibility index (Phi) is 7.65. The van der Waals surface area contributed by atoms with Crippen LogP contribution in [0.2, 0.25) is 0 Å². The van der Waals surface area contributed by atoms with Gasteiger partial charge in [-0.3, -0.25) is 19.6 Å². The van der Waals surface area contributed by atoms with Gasteiger partial charge in [-0.25, -0.2) is 9.78 Å². The molecule has 43 heavy (non-hydrogen) atoms. The van der Waals surface area contributed by atoms with Crippen LogP contribution in [0.5, 0.6) is 5.75 Å². The quantitative estimate of drug-likeness (QED) is 0.270. The molecule has 0 fully saturated rings. The van der Waals surface area contributed by atoms with Crippen LogP contribution in [0, 0.1) is 13.8 Å². The van der Waals surface area contributed by atoms with Crippen LogP contribution >= 0.6 is 0 Å². The number of urea groups is 1. The van der Waals surface area contributed by atoms with Gasteiger partial charge in [-0.2, -0.15) is 18.2 Å². The SMILES string of the molecule is CCN1C(=O)N(c2cc(OC)cc(-c3c(C(N)=O)cccc3C(F)(F)F)c2)Cc2cnc(Nc3ccc(C)nc3C)nc21. The fraction of sp³-hybridized carbons (Fsp3) is 0.233. The van der Waals surface area contributed by atoms with E-state index in [0.717, 1.165) is 29.2 Å². The van der Waals surface area contributed by atoms with Gasteiger partial charge in [0, 0.05) is 41.2 Å². The molecule has 222 valence electrons. The number of ether oxygens (including phenoxy) is 1. The van der Waals surface area contributed by atoms with Gasteiger partial charge in [0.1, 0.15) is 11.6 Å². The summed E-state index contributed by atoms with van der Waals surface area (Å²) in [6.45, 7) is 5.81. The number of aryl methyl sites for hydroxylation is 2. The third kappa shape index (κ3) is 5.65. The number of nitrogens with one attached hydrogen (secondary N) is 1. The van der Waals surface area contributed by atoms with Gasteiger partial charge in [-0.05, 0) is 62.7 Å². The minimum atomic E-state index is -4.78. The van der Waals surface area contributed by atoms with Crippen molar-refractivity contribution in [2.75, 3.05) is 28.8 Å². The van der Waals surface area contributed by atoms with Crippen molar-refractivity contribution in [2.45, 2.75) is 33.5 Å². The highest BCUT2D eigenvalue weighted by molar-refractivity contribution is 6.06. The van der Waals surface area contributed by atoms with E-state index in [9.17, 15) is 22.8 Å². The number of methoxy groups -OCH3 is 1. The Hall–Kier alpha value is -5.20. The number of hydrogen-bond acceptors (Lipinski definition) is 7. The van der Waals surface area contributed by atoms with E-state index >= 15 is 0 Å². The zero-order chi connectivity index (χ0) is 31.1. The summed E-state index contributed by atoms with van der Waals surface area (Å²) in [6.07, 6.45) is -3.19. The van der Waals surface area contributed by atoms with E-state index < -0.39 is 29.2 Å². The van der Waals surface area contributed by atoms with Crippen molar-refractivity contribution >= 4 is 35.1 Å². The van der Waals surface area contributed by atoms with Gasteiger partial charge in [-0.15, -0.1) is 0 Å². The van der Waals surface area contributed by atoms with Crippen molar-refractivity contribution in [1.82, 2.24) is 15.0 Å². The summed E-state index contributed by atoms with van der Waals surface area (Å²) >= 11 is 0. The Balaban J connectivity index is 1.58. The first-order valence-electron chi connectivity index (χ1n) is 13.3. The number of fused-ring (bicyclic) bond motifs is 1. The number of halogens is 3. The number of anilines is 4. The van der Waals surface area contributed by atoms with E-state index in [1.165, 1.54) is 41.2 Å². The van der Waals surface area contributed by atoms with Crippen molar-refractivity contribution in [1.29, 1.82) is 0 Å². The Morgan fingerprint density at radius 2 is 1.88 bits per heavy atom. The fourth-order valence-corrected chi connectivity index (χ4v) is 5.01. The summed E-state index contributed by atoms with van der Waals surface area (Å²) in [6, 6.07) is 10.8. The zero-order valence-corrected chi connectivity index (χ0v) is 23.8. The van der Waals surface area contributed by atoms with E-state index in [1.54, 1.807) is 13.1 Å². The van der Waals surface area contributed by atoms with E-state index in [-0.39, 0.29) is 41.6 Å². The first kappa shape index (κ1) is 29.3. The monoisotopic (exact) mass is 591 g/mol. The summed E-state index contributed by atoms with van der Waals surface area (Å²) in [5, 5.41) is 3.14. The molecule has 0 unspecified atom stereocenters. The predicted octanol–water partition coefficient (Wildman–Crippen LogP) is 5.99. The molecule has 4 aromatic rings. The largest absolute Gasteiger partial charge is 0.497 e. The van der Waals surface area contributed by atoms with E-state index in [1.807, 2.05) is 26.0 Å². The number of aromatic nitrogens is 3. The molecule has 5 rings (SSSR count). The van der Waals surface area contributed by atoms with Crippen molar-refractivity contribution in [3.05, 3.63) is 82.8 Å². The first-order chi connectivity index (χ1) is 20.4. The lowest BCUT2D eigenvalue weighted by Crippen LogP contribution is -2.48. The number of primary amides is 1. The molecule has 2 aromatic heterocycles. The lowest BCUT2D eigenvalue weighted by atomic mass is 9.92. The first-order valence-corrected chi connectivity index (χ1v) is 13.3. The van der Waals surface area contributed by atoms with Crippen molar-refractivity contribution in [2.24, 2.45) is 5.73 Å². The number of carbonyl (C=O) groups excluding carboxylic acids is 2. The Morgan fingerprint density at radius 1 is 1.12 bits per heavy atom. The Morgan fingerprint density at radius 3 is 2.53 bits per heavy atom. The molecule has 1 aliphatic heterocycles. The highest BCUT2D eigenvalue weighted by atomic mass is 19.4. The van der Waals surface area contributed by atoms with Gasteiger partial charge in [0.05, 0.1) is 36.3 Å². The van der Waals surface area contributed by atoms with Crippen LogP contribution in [0.15, 0.2) is 54.7 Å². The lowest BCUT2D eigenvalue weighted by molar-refractivity contribution is -0.137. The minimum absolute atomic E-state index is 0.00981. The number of pyridine rings is 1. The van der Waals surface area contributed by atoms with Crippen LogP contribution in [0.4, 0.5) is 41.1 Å². The summed E-state index contributed by atoms with van der Waals surface area (Å²) < 4.78 is 47.6. The van der Waals surface area contributed by atoms with E-state index in [4.69, 9.17) is 10.5 Å². The molecule has 0 saturated heterocycles. The molecule has 3 N–H and O–H groups in total. The molecule has 1 aliphatic rings. The second-order valence-electron chi connectivity index (χ2n) is 9.88. The molecule has 10 nitrogen and oxygen atoms in total. The van der Waals surface area contributed by atoms with E-state index in [0.29, 0.717) is 11.4 Å². The molecular weight excluding hydrogens is 563 g/mol. The van der Waals surface area contributed by atoms with Crippen LogP contribution in [0.25, 0.3) is 11.1 Å². The summed E-state index contributed by atoms with van der Waals surface area (Å²) in [5.41, 5.74) is 6.93. The van der Waals surface area contributed by atoms with Gasteiger partial charge in [-0.1, -0.05) is 6.07 Å². The smallest absolute Gasteiger partial charge is 0.417 e. The second kappa shape index (κ2) is 11.2. The van der Waals surface area contributed by atoms with Crippen LogP contribution in [0.3, 0.4) is 0 Å². The fourth-order valence-electron chi connectivity index (χ4n) is 5.01. The number of alkyl halides is 3. The third-order valence-corrected chi connectivity index (χ3v) is 7.04. The zero-order valence-electron chi connectivity index (χ0n) is 23.8. The Bertz CT molecular complexity index is 1740. The van der Waals surface area contributed by atoms with Crippen molar-refractivity contribution in [3.63, 3.8) is 0 Å². The number of nitrogens with zero attached hydrogens (tertiary/aromatic N) is 5. The highest BCUT2D eigenvalue weighted by Crippen LogP contribution is 2.42. The van der Waals surface area contributed by atoms with Gasteiger partial charge in [0.25, 0.3) is 0 Å². The predicted molar refractivity (Wildman–Crippen MR) is 156 cm³/mol. The highest BCUT2D eigenvalue weighted by Gasteiger charge is 2.37. The maximum absolute atomic E-state index is 14.1. The van der Waals surface area contributed by atoms with Crippen LogP contribution in [0.1, 0.15) is 39.8 Å². The van der Waals surface area contributed by atoms with E-state index in [2.05, 4.69) is 20.3 Å². The van der Waals surface area contributed by atoms with Crippen molar-refractivity contribution in [3.8, 4) is 16.9 Å². The molecule has 0 radical (unpaired) electrons. The molecule has 0 spiro atoms. The molecule has 0 bridgehead atoms. The number of rotatable bonds is 7. The average Bonchev–Trinajstić information content (AvgIpc) is 2.97. The van der Waals surface area contributed by atoms with Crippen LogP contribution < -0.4 is 25.6 Å². The summed E-state index contributed by atoms with van der Waals surface area (Å²) in [4.78, 5) is 42.3. The third-order valence-electron chi connectivity index (χ3n) is 7.04. The summed E-state index contributed by atoms with van der Waals surface area (Å²) in [5.74, 6) is -0.165. The molecule has 0 aliphatic carbocycles. The molecule has 3 heterocycles. The van der Waals surface area contributed by atoms with Crippen molar-refractivity contribution < 1.29 is 27.5 Å². The van der Waals surface area contributed by atoms with Crippen LogP contribution in [-0.4, -0.2) is 40.5 Å². The maximum Gasteiger partial charge on any atom is 0.417 e. The number of amides is 3. The van der Waals surface area contributed by atoms with Gasteiger partial charge >= 0.3 is 12.2 Å². The number of carbonyl (C=O) groups is 2. The standard InChI is InChI=1S/C30H28F3N7O3/c1-5-39-27-19(14-35-28(38-27)37-24-10-9-16(2)36-17(24)3)15-40(29(39)42)20-11-18(12-21(13-20)43-4)25-22(26(34)41)7-6-8-23(25)30(31,32)33/h6-14H,5,15H2,1-4H3,(H2,34,41)(H,35,37,38). The summed E-state index contributed by atoms with van der Waals surface area (Å²) in [7, 11) is 1.35. The second-order valence-corrected chi connectivity index (χ2v) is 9.88.